The number of carboxylic acid groups (broad SMARTS) is 1. The number of carbonyl (C=O) groups excluding carboxylic acids is 1. The summed E-state index contributed by atoms with van der Waals surface area (Å²) in [5.41, 5.74) is 0. The summed E-state index contributed by atoms with van der Waals surface area (Å²) in [4.78, 5) is 24.6. The molecule has 0 saturated heterocycles. The van der Waals surface area contributed by atoms with Gasteiger partial charge < -0.3 is 10.4 Å². The molecule has 5 heteroatoms. The molecular weight excluding hydrogens is 250 g/mol. The largest absolute Gasteiger partial charge is 0.480 e. The SMILES string of the molecule is Cc1ccc(/C=C/C(=O)N[C@H](C(=O)O)C(C)C)s1. The van der Waals surface area contributed by atoms with Crippen molar-refractivity contribution in [2.24, 2.45) is 5.92 Å². The predicted octanol–water partition coefficient (Wildman–Crippen LogP) is 2.30. The van der Waals surface area contributed by atoms with Gasteiger partial charge >= 0.3 is 5.97 Å². The van der Waals surface area contributed by atoms with Crippen LogP contribution in [0.25, 0.3) is 6.08 Å². The Balaban J connectivity index is 2.60. The maximum atomic E-state index is 11.6. The molecule has 4 nitrogen and oxygen atoms in total. The molecule has 0 bridgehead atoms. The summed E-state index contributed by atoms with van der Waals surface area (Å²) in [6.45, 7) is 5.50. The fourth-order valence-electron chi connectivity index (χ4n) is 1.42. The zero-order chi connectivity index (χ0) is 13.7. The van der Waals surface area contributed by atoms with E-state index in [0.717, 1.165) is 4.88 Å². The molecule has 2 N–H and O–H groups in total. The number of carbonyl (C=O) groups is 2. The van der Waals surface area contributed by atoms with Gasteiger partial charge in [-0.3, -0.25) is 4.79 Å². The van der Waals surface area contributed by atoms with Crippen molar-refractivity contribution in [3.63, 3.8) is 0 Å². The molecule has 0 aliphatic heterocycles. The lowest BCUT2D eigenvalue weighted by Gasteiger charge is -2.16. The lowest BCUT2D eigenvalue weighted by molar-refractivity contribution is -0.142. The van der Waals surface area contributed by atoms with E-state index in [1.165, 1.54) is 11.0 Å². The minimum Gasteiger partial charge on any atom is -0.480 e. The average molecular weight is 267 g/mol. The highest BCUT2D eigenvalue weighted by Gasteiger charge is 2.22. The second kappa shape index (κ2) is 6.35. The van der Waals surface area contributed by atoms with Crippen LogP contribution in [0.1, 0.15) is 23.6 Å². The molecule has 98 valence electrons. The van der Waals surface area contributed by atoms with E-state index in [9.17, 15) is 9.59 Å². The Hall–Kier alpha value is -1.62. The molecule has 0 saturated carbocycles. The summed E-state index contributed by atoms with van der Waals surface area (Å²) in [6, 6.07) is 3.03. The third-order valence-corrected chi connectivity index (χ3v) is 3.36. The van der Waals surface area contributed by atoms with Crippen molar-refractivity contribution in [3.8, 4) is 0 Å². The van der Waals surface area contributed by atoms with Crippen molar-refractivity contribution in [1.29, 1.82) is 0 Å². The number of amides is 1. The molecule has 1 aromatic heterocycles. The monoisotopic (exact) mass is 267 g/mol. The highest BCUT2D eigenvalue weighted by atomic mass is 32.1. The van der Waals surface area contributed by atoms with E-state index in [2.05, 4.69) is 5.32 Å². The number of aryl methyl sites for hydroxylation is 1. The first-order valence-electron chi connectivity index (χ1n) is 5.68. The highest BCUT2D eigenvalue weighted by Crippen LogP contribution is 2.16. The summed E-state index contributed by atoms with van der Waals surface area (Å²) < 4.78 is 0. The summed E-state index contributed by atoms with van der Waals surface area (Å²) in [7, 11) is 0. The van der Waals surface area contributed by atoms with Gasteiger partial charge in [-0.25, -0.2) is 4.79 Å². The van der Waals surface area contributed by atoms with Gasteiger partial charge in [0.2, 0.25) is 5.91 Å². The smallest absolute Gasteiger partial charge is 0.326 e. The molecule has 1 amide bonds. The number of aliphatic carboxylic acids is 1. The van der Waals surface area contributed by atoms with Gasteiger partial charge in [0.1, 0.15) is 6.04 Å². The fraction of sp³-hybridized carbons (Fsp3) is 0.385. The van der Waals surface area contributed by atoms with E-state index in [-0.39, 0.29) is 11.8 Å². The first kappa shape index (κ1) is 14.4. The van der Waals surface area contributed by atoms with Crippen molar-refractivity contribution in [2.45, 2.75) is 26.8 Å². The molecule has 1 aromatic rings. The summed E-state index contributed by atoms with van der Waals surface area (Å²) in [5, 5.41) is 11.4. The van der Waals surface area contributed by atoms with Crippen LogP contribution in [0.5, 0.6) is 0 Å². The predicted molar refractivity (Wildman–Crippen MR) is 72.5 cm³/mol. The maximum Gasteiger partial charge on any atom is 0.326 e. The highest BCUT2D eigenvalue weighted by molar-refractivity contribution is 7.12. The zero-order valence-electron chi connectivity index (χ0n) is 10.6. The first-order valence-corrected chi connectivity index (χ1v) is 6.49. The Kier molecular flexibility index (Phi) is 5.09. The zero-order valence-corrected chi connectivity index (χ0v) is 11.5. The van der Waals surface area contributed by atoms with E-state index in [1.807, 2.05) is 19.1 Å². The fourth-order valence-corrected chi connectivity index (χ4v) is 2.20. The lowest BCUT2D eigenvalue weighted by atomic mass is 10.0. The van der Waals surface area contributed by atoms with Gasteiger partial charge in [0, 0.05) is 15.8 Å². The normalized spacial score (nSPS) is 12.9. The lowest BCUT2D eigenvalue weighted by Crippen LogP contribution is -2.43. The second-order valence-electron chi connectivity index (χ2n) is 4.35. The van der Waals surface area contributed by atoms with E-state index in [1.54, 1.807) is 31.3 Å². The van der Waals surface area contributed by atoms with Crippen LogP contribution in [0, 0.1) is 12.8 Å². The molecule has 0 aromatic carbocycles. The van der Waals surface area contributed by atoms with Crippen molar-refractivity contribution < 1.29 is 14.7 Å². The molecular formula is C13H17NO3S. The molecule has 0 aliphatic carbocycles. The minimum atomic E-state index is -1.02. The van der Waals surface area contributed by atoms with Gasteiger partial charge in [-0.1, -0.05) is 13.8 Å². The topological polar surface area (TPSA) is 66.4 Å². The van der Waals surface area contributed by atoms with Crippen LogP contribution in [0.4, 0.5) is 0 Å². The number of rotatable bonds is 5. The van der Waals surface area contributed by atoms with Gasteiger partial charge in [-0.15, -0.1) is 11.3 Å². The molecule has 1 rings (SSSR count). The van der Waals surface area contributed by atoms with Crippen molar-refractivity contribution in [2.75, 3.05) is 0 Å². The maximum absolute atomic E-state index is 11.6. The number of hydrogen-bond donors (Lipinski definition) is 2. The van der Waals surface area contributed by atoms with Gasteiger partial charge in [0.15, 0.2) is 0 Å². The van der Waals surface area contributed by atoms with E-state index in [4.69, 9.17) is 5.11 Å². The summed E-state index contributed by atoms with van der Waals surface area (Å²) in [6.07, 6.45) is 3.05. The Morgan fingerprint density at radius 2 is 2.06 bits per heavy atom. The van der Waals surface area contributed by atoms with E-state index in [0.29, 0.717) is 0 Å². The number of carboxylic acids is 1. The Morgan fingerprint density at radius 1 is 1.39 bits per heavy atom. The van der Waals surface area contributed by atoms with Crippen LogP contribution >= 0.6 is 11.3 Å². The van der Waals surface area contributed by atoms with Gasteiger partial charge in [-0.2, -0.15) is 0 Å². The number of hydrogen-bond acceptors (Lipinski definition) is 3. The van der Waals surface area contributed by atoms with E-state index >= 15 is 0 Å². The number of thiophene rings is 1. The molecule has 0 radical (unpaired) electrons. The van der Waals surface area contributed by atoms with Crippen LogP contribution in [0.15, 0.2) is 18.2 Å². The summed E-state index contributed by atoms with van der Waals surface area (Å²) in [5.74, 6) is -1.55. The molecule has 1 atom stereocenters. The Morgan fingerprint density at radius 3 is 2.50 bits per heavy atom. The minimum absolute atomic E-state index is 0.149. The van der Waals surface area contributed by atoms with Crippen molar-refractivity contribution in [1.82, 2.24) is 5.32 Å². The van der Waals surface area contributed by atoms with Crippen molar-refractivity contribution in [3.05, 3.63) is 28.0 Å². The quantitative estimate of drug-likeness (QED) is 0.804. The summed E-state index contributed by atoms with van der Waals surface area (Å²) >= 11 is 1.58. The average Bonchev–Trinajstić information content (AvgIpc) is 2.68. The van der Waals surface area contributed by atoms with Crippen LogP contribution in [-0.2, 0) is 9.59 Å². The molecule has 1 heterocycles. The second-order valence-corrected chi connectivity index (χ2v) is 5.67. The van der Waals surface area contributed by atoms with Crippen LogP contribution in [0.2, 0.25) is 0 Å². The third-order valence-electron chi connectivity index (χ3n) is 2.39. The Bertz CT molecular complexity index is 463. The van der Waals surface area contributed by atoms with Crippen LogP contribution in [0.3, 0.4) is 0 Å². The van der Waals surface area contributed by atoms with E-state index < -0.39 is 12.0 Å². The van der Waals surface area contributed by atoms with Crippen LogP contribution < -0.4 is 5.32 Å². The number of nitrogens with one attached hydrogen (secondary N) is 1. The third kappa shape index (κ3) is 4.33. The molecule has 0 spiro atoms. The molecule has 0 aliphatic rings. The van der Waals surface area contributed by atoms with Gasteiger partial charge in [0.05, 0.1) is 0 Å². The standard InChI is InChI=1S/C13H17NO3S/c1-8(2)12(13(16)17)14-11(15)7-6-10-5-4-9(3)18-10/h4-8,12H,1-3H3,(H,14,15)(H,16,17)/b7-6+/t12-/m0/s1. The van der Waals surface area contributed by atoms with Gasteiger partial charge in [-0.05, 0) is 31.1 Å². The molecule has 18 heavy (non-hydrogen) atoms. The molecule has 0 unspecified atom stereocenters. The Labute approximate surface area is 110 Å². The van der Waals surface area contributed by atoms with Crippen molar-refractivity contribution >= 4 is 29.3 Å². The van der Waals surface area contributed by atoms with Crippen LogP contribution in [-0.4, -0.2) is 23.0 Å². The van der Waals surface area contributed by atoms with Gasteiger partial charge in [0.25, 0.3) is 0 Å². The molecule has 0 fully saturated rings. The first-order chi connectivity index (χ1) is 8.40.